The van der Waals surface area contributed by atoms with Crippen LogP contribution in [0.15, 0.2) is 30.7 Å². The lowest BCUT2D eigenvalue weighted by atomic mass is 10.2. The molecule has 0 aromatic carbocycles. The van der Waals surface area contributed by atoms with Gasteiger partial charge in [-0.15, -0.1) is 0 Å². The first-order chi connectivity index (χ1) is 10.8. The largest absolute Gasteiger partial charge is 0.478 e. The van der Waals surface area contributed by atoms with E-state index in [-0.39, 0.29) is 11.9 Å². The highest BCUT2D eigenvalue weighted by Crippen LogP contribution is 2.23. The molecule has 0 aliphatic carbocycles. The molecule has 0 bridgehead atoms. The summed E-state index contributed by atoms with van der Waals surface area (Å²) in [6.45, 7) is 3.91. The van der Waals surface area contributed by atoms with E-state index in [1.54, 1.807) is 18.3 Å². The van der Waals surface area contributed by atoms with Gasteiger partial charge in [0.05, 0.1) is 6.61 Å². The van der Waals surface area contributed by atoms with Gasteiger partial charge in [0.25, 0.3) is 0 Å². The molecular formula is C15H18FN5O. The fraction of sp³-hybridized carbons (Fsp3) is 0.400. The molecule has 1 saturated heterocycles. The number of nitrogens with zero attached hydrogens (tertiary/aromatic N) is 4. The Balaban J connectivity index is 1.64. The van der Waals surface area contributed by atoms with E-state index in [0.29, 0.717) is 30.7 Å². The van der Waals surface area contributed by atoms with E-state index in [2.05, 4.69) is 20.3 Å². The van der Waals surface area contributed by atoms with E-state index >= 15 is 0 Å². The Labute approximate surface area is 128 Å². The van der Waals surface area contributed by atoms with Crippen LogP contribution < -0.4 is 15.0 Å². The average Bonchev–Trinajstić information content (AvgIpc) is 2.97. The highest BCUT2D eigenvalue weighted by atomic mass is 19.1. The number of rotatable bonds is 5. The predicted octanol–water partition coefficient (Wildman–Crippen LogP) is 2.10. The molecule has 2 aromatic rings. The van der Waals surface area contributed by atoms with Gasteiger partial charge in [0.15, 0.2) is 11.6 Å². The SMILES string of the molecule is CCOc1cc(N[C@H]2CCN(c3ncccc3F)C2)ncn1. The van der Waals surface area contributed by atoms with Crippen molar-refractivity contribution in [1.29, 1.82) is 0 Å². The molecule has 6 nitrogen and oxygen atoms in total. The van der Waals surface area contributed by atoms with Gasteiger partial charge in [0.1, 0.15) is 12.1 Å². The fourth-order valence-electron chi connectivity index (χ4n) is 2.53. The van der Waals surface area contributed by atoms with Crippen LogP contribution in [0.5, 0.6) is 5.88 Å². The lowest BCUT2D eigenvalue weighted by molar-refractivity contribution is 0.326. The molecule has 22 heavy (non-hydrogen) atoms. The second-order valence-electron chi connectivity index (χ2n) is 5.06. The van der Waals surface area contributed by atoms with Crippen molar-refractivity contribution >= 4 is 11.6 Å². The van der Waals surface area contributed by atoms with Crippen molar-refractivity contribution in [2.24, 2.45) is 0 Å². The molecule has 1 aliphatic rings. The third-order valence-electron chi connectivity index (χ3n) is 3.51. The van der Waals surface area contributed by atoms with E-state index in [1.807, 2.05) is 11.8 Å². The number of ether oxygens (including phenoxy) is 1. The third-order valence-corrected chi connectivity index (χ3v) is 3.51. The van der Waals surface area contributed by atoms with Gasteiger partial charge in [0, 0.05) is 31.4 Å². The molecule has 3 heterocycles. The molecule has 116 valence electrons. The first-order valence-electron chi connectivity index (χ1n) is 7.33. The van der Waals surface area contributed by atoms with Crippen LogP contribution in [0.3, 0.4) is 0 Å². The Morgan fingerprint density at radius 1 is 1.41 bits per heavy atom. The minimum absolute atomic E-state index is 0.186. The molecule has 1 aliphatic heterocycles. The number of aromatic nitrogens is 3. The summed E-state index contributed by atoms with van der Waals surface area (Å²) < 4.78 is 19.1. The number of anilines is 2. The Morgan fingerprint density at radius 3 is 3.14 bits per heavy atom. The Hall–Kier alpha value is -2.44. The third kappa shape index (κ3) is 3.24. The molecule has 0 saturated carbocycles. The van der Waals surface area contributed by atoms with E-state index in [0.717, 1.165) is 13.0 Å². The first kappa shape index (κ1) is 14.5. The van der Waals surface area contributed by atoms with Crippen LogP contribution in [0.4, 0.5) is 16.0 Å². The minimum Gasteiger partial charge on any atom is -0.478 e. The topological polar surface area (TPSA) is 63.2 Å². The van der Waals surface area contributed by atoms with E-state index in [1.165, 1.54) is 12.4 Å². The van der Waals surface area contributed by atoms with Gasteiger partial charge in [-0.1, -0.05) is 0 Å². The number of halogens is 1. The summed E-state index contributed by atoms with van der Waals surface area (Å²) in [6.07, 6.45) is 3.97. The Kier molecular flexibility index (Phi) is 4.32. The van der Waals surface area contributed by atoms with E-state index < -0.39 is 0 Å². The van der Waals surface area contributed by atoms with Crippen LogP contribution in [-0.2, 0) is 0 Å². The summed E-state index contributed by atoms with van der Waals surface area (Å²) in [6, 6.07) is 4.99. The lowest BCUT2D eigenvalue weighted by Crippen LogP contribution is -2.27. The van der Waals surface area contributed by atoms with E-state index in [4.69, 9.17) is 4.74 Å². The van der Waals surface area contributed by atoms with Crippen molar-refractivity contribution in [3.05, 3.63) is 36.5 Å². The molecule has 3 rings (SSSR count). The molecule has 7 heteroatoms. The summed E-state index contributed by atoms with van der Waals surface area (Å²) in [4.78, 5) is 14.3. The molecule has 2 aromatic heterocycles. The maximum absolute atomic E-state index is 13.8. The first-order valence-corrected chi connectivity index (χ1v) is 7.33. The van der Waals surface area contributed by atoms with Gasteiger partial charge in [0.2, 0.25) is 5.88 Å². The predicted molar refractivity (Wildman–Crippen MR) is 81.6 cm³/mol. The van der Waals surface area contributed by atoms with Gasteiger partial charge in [-0.05, 0) is 25.5 Å². The molecule has 1 atom stereocenters. The molecule has 0 amide bonds. The second kappa shape index (κ2) is 6.55. The van der Waals surface area contributed by atoms with Gasteiger partial charge in [-0.2, -0.15) is 0 Å². The minimum atomic E-state index is -0.288. The summed E-state index contributed by atoms with van der Waals surface area (Å²) in [5, 5.41) is 3.34. The van der Waals surface area contributed by atoms with Crippen LogP contribution in [0, 0.1) is 5.82 Å². The zero-order chi connectivity index (χ0) is 15.4. The monoisotopic (exact) mass is 303 g/mol. The number of hydrogen-bond acceptors (Lipinski definition) is 6. The smallest absolute Gasteiger partial charge is 0.218 e. The summed E-state index contributed by atoms with van der Waals surface area (Å²) in [7, 11) is 0. The Morgan fingerprint density at radius 2 is 2.32 bits per heavy atom. The Bertz CT molecular complexity index is 639. The van der Waals surface area contributed by atoms with Crippen molar-refractivity contribution in [1.82, 2.24) is 15.0 Å². The standard InChI is InChI=1S/C15H18FN5O/c1-2-22-14-8-13(18-10-19-14)20-11-5-7-21(9-11)15-12(16)4-3-6-17-15/h3-4,6,8,10-11H,2,5,7,9H2,1H3,(H,18,19,20)/t11-/m0/s1. The van der Waals surface area contributed by atoms with Crippen molar-refractivity contribution in [2.75, 3.05) is 29.9 Å². The van der Waals surface area contributed by atoms with Gasteiger partial charge in [-0.3, -0.25) is 0 Å². The normalized spacial score (nSPS) is 17.5. The van der Waals surface area contributed by atoms with E-state index in [9.17, 15) is 4.39 Å². The number of nitrogens with one attached hydrogen (secondary N) is 1. The zero-order valence-corrected chi connectivity index (χ0v) is 12.4. The van der Waals surface area contributed by atoms with Crippen molar-refractivity contribution < 1.29 is 9.13 Å². The zero-order valence-electron chi connectivity index (χ0n) is 12.4. The molecule has 0 spiro atoms. The van der Waals surface area contributed by atoms with Crippen molar-refractivity contribution in [2.45, 2.75) is 19.4 Å². The summed E-state index contributed by atoms with van der Waals surface area (Å²) in [5.74, 6) is 1.38. The highest BCUT2D eigenvalue weighted by molar-refractivity contribution is 5.44. The van der Waals surface area contributed by atoms with Gasteiger partial charge >= 0.3 is 0 Å². The van der Waals surface area contributed by atoms with Crippen LogP contribution >= 0.6 is 0 Å². The number of hydrogen-bond donors (Lipinski definition) is 1. The van der Waals surface area contributed by atoms with Crippen molar-refractivity contribution in [3.8, 4) is 5.88 Å². The summed E-state index contributed by atoms with van der Waals surface area (Å²) in [5.41, 5.74) is 0. The molecule has 0 radical (unpaired) electrons. The molecule has 1 fully saturated rings. The molecular weight excluding hydrogens is 285 g/mol. The van der Waals surface area contributed by atoms with Crippen LogP contribution in [-0.4, -0.2) is 40.7 Å². The second-order valence-corrected chi connectivity index (χ2v) is 5.06. The highest BCUT2D eigenvalue weighted by Gasteiger charge is 2.25. The summed E-state index contributed by atoms with van der Waals surface area (Å²) >= 11 is 0. The maximum Gasteiger partial charge on any atom is 0.218 e. The van der Waals surface area contributed by atoms with Gasteiger partial charge in [-0.25, -0.2) is 19.3 Å². The lowest BCUT2D eigenvalue weighted by Gasteiger charge is -2.18. The molecule has 1 N–H and O–H groups in total. The fourth-order valence-corrected chi connectivity index (χ4v) is 2.53. The maximum atomic E-state index is 13.8. The number of pyridine rings is 1. The van der Waals surface area contributed by atoms with Gasteiger partial charge < -0.3 is 15.0 Å². The quantitative estimate of drug-likeness (QED) is 0.912. The molecule has 0 unspecified atom stereocenters. The average molecular weight is 303 g/mol. The van der Waals surface area contributed by atoms with Crippen LogP contribution in [0.25, 0.3) is 0 Å². The van der Waals surface area contributed by atoms with Crippen LogP contribution in [0.1, 0.15) is 13.3 Å². The van der Waals surface area contributed by atoms with Crippen LogP contribution in [0.2, 0.25) is 0 Å². The van der Waals surface area contributed by atoms with Crippen molar-refractivity contribution in [3.63, 3.8) is 0 Å².